The summed E-state index contributed by atoms with van der Waals surface area (Å²) in [4.78, 5) is 2.39. The molecule has 0 spiro atoms. The predicted molar refractivity (Wildman–Crippen MR) is 60.7 cm³/mol. The highest BCUT2D eigenvalue weighted by Gasteiger charge is 2.12. The largest absolute Gasteiger partial charge is 0.399 e. The van der Waals surface area contributed by atoms with Crippen LogP contribution in [-0.2, 0) is 0 Å². The van der Waals surface area contributed by atoms with Gasteiger partial charge in [-0.05, 0) is 24.6 Å². The van der Waals surface area contributed by atoms with Crippen LogP contribution < -0.4 is 16.0 Å². The van der Waals surface area contributed by atoms with E-state index in [2.05, 4.69) is 29.3 Å². The zero-order chi connectivity index (χ0) is 9.97. The van der Waals surface area contributed by atoms with E-state index in [0.717, 1.165) is 31.9 Å². The first-order chi connectivity index (χ1) is 6.77. The number of nitrogens with two attached hydrogens (primary N) is 1. The average molecular weight is 191 g/mol. The Labute approximate surface area is 84.9 Å². The molecule has 3 N–H and O–H groups in total. The minimum absolute atomic E-state index is 0.851. The molecule has 0 amide bonds. The van der Waals surface area contributed by atoms with Crippen LogP contribution in [0.15, 0.2) is 18.2 Å². The molecule has 0 unspecified atom stereocenters. The molecule has 1 aromatic carbocycles. The van der Waals surface area contributed by atoms with Gasteiger partial charge in [-0.25, -0.2) is 0 Å². The van der Waals surface area contributed by atoms with E-state index < -0.39 is 0 Å². The molecule has 0 saturated carbocycles. The Hall–Kier alpha value is -1.22. The zero-order valence-corrected chi connectivity index (χ0v) is 8.59. The lowest BCUT2D eigenvalue weighted by Gasteiger charge is -2.30. The standard InChI is InChI=1S/C11H17N3/c1-9-2-3-10(12)8-11(9)14-6-4-13-5-7-14/h2-3,8,13H,4-7,12H2,1H3. The summed E-state index contributed by atoms with van der Waals surface area (Å²) in [5.74, 6) is 0. The monoisotopic (exact) mass is 191 g/mol. The van der Waals surface area contributed by atoms with Crippen molar-refractivity contribution in [2.75, 3.05) is 36.8 Å². The number of nitrogens with one attached hydrogen (secondary N) is 1. The number of nitrogen functional groups attached to an aromatic ring is 1. The van der Waals surface area contributed by atoms with Crippen molar-refractivity contribution in [1.82, 2.24) is 5.32 Å². The lowest BCUT2D eigenvalue weighted by molar-refractivity contribution is 0.588. The molecule has 0 atom stereocenters. The van der Waals surface area contributed by atoms with Crippen LogP contribution in [0.3, 0.4) is 0 Å². The summed E-state index contributed by atoms with van der Waals surface area (Å²) < 4.78 is 0. The van der Waals surface area contributed by atoms with Gasteiger partial charge in [-0.1, -0.05) is 6.07 Å². The van der Waals surface area contributed by atoms with Crippen LogP contribution in [0.25, 0.3) is 0 Å². The van der Waals surface area contributed by atoms with E-state index in [1.807, 2.05) is 6.07 Å². The summed E-state index contributed by atoms with van der Waals surface area (Å²) >= 11 is 0. The van der Waals surface area contributed by atoms with Crippen LogP contribution in [0.5, 0.6) is 0 Å². The number of nitrogens with zero attached hydrogens (tertiary/aromatic N) is 1. The van der Waals surface area contributed by atoms with Crippen molar-refractivity contribution in [3.05, 3.63) is 23.8 Å². The van der Waals surface area contributed by atoms with Crippen molar-refractivity contribution in [2.45, 2.75) is 6.92 Å². The zero-order valence-electron chi connectivity index (χ0n) is 8.59. The third kappa shape index (κ3) is 1.82. The lowest BCUT2D eigenvalue weighted by Crippen LogP contribution is -2.43. The number of rotatable bonds is 1. The van der Waals surface area contributed by atoms with Crippen molar-refractivity contribution in [1.29, 1.82) is 0 Å². The second-order valence-corrected chi connectivity index (χ2v) is 3.78. The van der Waals surface area contributed by atoms with Gasteiger partial charge in [0.25, 0.3) is 0 Å². The Morgan fingerprint density at radius 2 is 2.00 bits per heavy atom. The molecule has 1 aliphatic heterocycles. The molecule has 1 aliphatic rings. The van der Waals surface area contributed by atoms with Crippen molar-refractivity contribution >= 4 is 11.4 Å². The molecule has 0 radical (unpaired) electrons. The van der Waals surface area contributed by atoms with Crippen LogP contribution in [0.1, 0.15) is 5.56 Å². The van der Waals surface area contributed by atoms with E-state index >= 15 is 0 Å². The number of piperazine rings is 1. The first-order valence-electron chi connectivity index (χ1n) is 5.09. The molecule has 1 fully saturated rings. The highest BCUT2D eigenvalue weighted by molar-refractivity contribution is 5.61. The highest BCUT2D eigenvalue weighted by Crippen LogP contribution is 2.22. The Morgan fingerprint density at radius 3 is 2.71 bits per heavy atom. The molecule has 2 rings (SSSR count). The van der Waals surface area contributed by atoms with Gasteiger partial charge in [0.2, 0.25) is 0 Å². The fraction of sp³-hybridized carbons (Fsp3) is 0.455. The Morgan fingerprint density at radius 1 is 1.29 bits per heavy atom. The second-order valence-electron chi connectivity index (χ2n) is 3.78. The van der Waals surface area contributed by atoms with Gasteiger partial charge in [-0.15, -0.1) is 0 Å². The molecule has 76 valence electrons. The van der Waals surface area contributed by atoms with Crippen LogP contribution in [0, 0.1) is 6.92 Å². The fourth-order valence-corrected chi connectivity index (χ4v) is 1.87. The smallest absolute Gasteiger partial charge is 0.0417 e. The van der Waals surface area contributed by atoms with Crippen LogP contribution >= 0.6 is 0 Å². The molecule has 1 heterocycles. The Balaban J connectivity index is 2.24. The van der Waals surface area contributed by atoms with Gasteiger partial charge < -0.3 is 16.0 Å². The quantitative estimate of drug-likeness (QED) is 0.650. The van der Waals surface area contributed by atoms with Crippen molar-refractivity contribution in [3.8, 4) is 0 Å². The van der Waals surface area contributed by atoms with Gasteiger partial charge in [0.15, 0.2) is 0 Å². The van der Waals surface area contributed by atoms with Gasteiger partial charge in [-0.2, -0.15) is 0 Å². The van der Waals surface area contributed by atoms with Crippen molar-refractivity contribution < 1.29 is 0 Å². The molecule has 14 heavy (non-hydrogen) atoms. The van der Waals surface area contributed by atoms with Crippen LogP contribution in [-0.4, -0.2) is 26.2 Å². The molecule has 1 saturated heterocycles. The molecular weight excluding hydrogens is 174 g/mol. The SMILES string of the molecule is Cc1ccc(N)cc1N1CCNCC1. The maximum absolute atomic E-state index is 5.79. The normalized spacial score (nSPS) is 17.1. The molecule has 0 aromatic heterocycles. The predicted octanol–water partition coefficient (Wildman–Crippen LogP) is 0.987. The van der Waals surface area contributed by atoms with E-state index in [1.54, 1.807) is 0 Å². The summed E-state index contributed by atoms with van der Waals surface area (Å²) in [6, 6.07) is 6.12. The maximum Gasteiger partial charge on any atom is 0.0417 e. The lowest BCUT2D eigenvalue weighted by atomic mass is 10.1. The van der Waals surface area contributed by atoms with Gasteiger partial charge in [0.1, 0.15) is 0 Å². The van der Waals surface area contributed by atoms with E-state index in [4.69, 9.17) is 5.73 Å². The number of aryl methyl sites for hydroxylation is 1. The molecule has 0 bridgehead atoms. The summed E-state index contributed by atoms with van der Waals surface area (Å²) in [6.07, 6.45) is 0. The van der Waals surface area contributed by atoms with Gasteiger partial charge in [-0.3, -0.25) is 0 Å². The minimum Gasteiger partial charge on any atom is -0.399 e. The van der Waals surface area contributed by atoms with E-state index in [-0.39, 0.29) is 0 Å². The molecule has 0 aliphatic carbocycles. The van der Waals surface area contributed by atoms with Gasteiger partial charge >= 0.3 is 0 Å². The topological polar surface area (TPSA) is 41.3 Å². The highest BCUT2D eigenvalue weighted by atomic mass is 15.2. The Bertz CT molecular complexity index is 316. The number of benzene rings is 1. The minimum atomic E-state index is 0.851. The number of anilines is 2. The third-order valence-electron chi connectivity index (χ3n) is 2.69. The summed E-state index contributed by atoms with van der Waals surface area (Å²) in [5.41, 5.74) is 9.23. The third-order valence-corrected chi connectivity index (χ3v) is 2.69. The second kappa shape index (κ2) is 3.88. The van der Waals surface area contributed by atoms with E-state index in [0.29, 0.717) is 0 Å². The first-order valence-corrected chi connectivity index (χ1v) is 5.09. The average Bonchev–Trinajstić information content (AvgIpc) is 2.23. The summed E-state index contributed by atoms with van der Waals surface area (Å²) in [6.45, 7) is 6.41. The summed E-state index contributed by atoms with van der Waals surface area (Å²) in [5, 5.41) is 3.35. The summed E-state index contributed by atoms with van der Waals surface area (Å²) in [7, 11) is 0. The van der Waals surface area contributed by atoms with Crippen molar-refractivity contribution in [3.63, 3.8) is 0 Å². The van der Waals surface area contributed by atoms with Gasteiger partial charge in [0.05, 0.1) is 0 Å². The van der Waals surface area contributed by atoms with Gasteiger partial charge in [0, 0.05) is 37.6 Å². The molecular formula is C11H17N3. The van der Waals surface area contributed by atoms with E-state index in [9.17, 15) is 0 Å². The number of hydrogen-bond donors (Lipinski definition) is 2. The fourth-order valence-electron chi connectivity index (χ4n) is 1.87. The van der Waals surface area contributed by atoms with Crippen molar-refractivity contribution in [2.24, 2.45) is 0 Å². The van der Waals surface area contributed by atoms with E-state index in [1.165, 1.54) is 11.3 Å². The first kappa shape index (κ1) is 9.34. The molecule has 1 aromatic rings. The Kier molecular flexibility index (Phi) is 2.59. The molecule has 3 nitrogen and oxygen atoms in total. The number of hydrogen-bond acceptors (Lipinski definition) is 3. The molecule has 3 heteroatoms. The van der Waals surface area contributed by atoms with Crippen LogP contribution in [0.2, 0.25) is 0 Å². The maximum atomic E-state index is 5.79. The van der Waals surface area contributed by atoms with Crippen LogP contribution in [0.4, 0.5) is 11.4 Å².